The summed E-state index contributed by atoms with van der Waals surface area (Å²) < 4.78 is 5.62. The molecule has 1 aliphatic heterocycles. The first-order valence-corrected chi connectivity index (χ1v) is 9.26. The minimum atomic E-state index is -1.28. The molecule has 30 heavy (non-hydrogen) atoms. The summed E-state index contributed by atoms with van der Waals surface area (Å²) in [5.41, 5.74) is 8.71. The molecule has 0 saturated heterocycles. The molecule has 0 bridgehead atoms. The van der Waals surface area contributed by atoms with Crippen molar-refractivity contribution in [3.8, 4) is 5.75 Å². The number of nitrogens with two attached hydrogens (primary N) is 1. The topological polar surface area (TPSA) is 133 Å². The van der Waals surface area contributed by atoms with Crippen molar-refractivity contribution in [2.75, 3.05) is 11.9 Å². The molecule has 3 rings (SSSR count). The van der Waals surface area contributed by atoms with Crippen molar-refractivity contribution in [3.63, 3.8) is 0 Å². The number of hydrogen-bond donors (Lipinski definition) is 3. The van der Waals surface area contributed by atoms with Crippen LogP contribution in [-0.4, -0.2) is 24.1 Å². The first-order chi connectivity index (χ1) is 13.9. The van der Waals surface area contributed by atoms with E-state index in [9.17, 15) is 9.90 Å². The van der Waals surface area contributed by atoms with Crippen LogP contribution in [-0.2, 0) is 9.63 Å². The summed E-state index contributed by atoms with van der Waals surface area (Å²) in [6.45, 7) is 4.18. The van der Waals surface area contributed by atoms with Crippen LogP contribution in [0.4, 0.5) is 5.69 Å². The molecule has 2 unspecified atom stereocenters. The van der Waals surface area contributed by atoms with Gasteiger partial charge in [-0.05, 0) is 67.4 Å². The van der Waals surface area contributed by atoms with Gasteiger partial charge in [-0.3, -0.25) is 5.41 Å². The fourth-order valence-corrected chi connectivity index (χ4v) is 3.11. The summed E-state index contributed by atoms with van der Waals surface area (Å²) in [6.07, 6.45) is 0.344. The van der Waals surface area contributed by atoms with Gasteiger partial charge in [0.2, 0.25) is 0 Å². The van der Waals surface area contributed by atoms with Crippen LogP contribution in [0, 0.1) is 5.41 Å². The molecule has 2 atom stereocenters. The lowest BCUT2D eigenvalue weighted by Crippen LogP contribution is -2.34. The molecule has 0 spiro atoms. The Kier molecular flexibility index (Phi) is 7.66. The van der Waals surface area contributed by atoms with Crippen molar-refractivity contribution in [1.29, 1.82) is 5.41 Å². The average molecular weight is 432 g/mol. The number of anilines is 1. The molecule has 1 heterocycles. The molecular formula is C21H24ClN4O4-. The van der Waals surface area contributed by atoms with Crippen LogP contribution in [0.3, 0.4) is 0 Å². The Labute approximate surface area is 181 Å². The number of rotatable bonds is 8. The van der Waals surface area contributed by atoms with E-state index in [1.54, 1.807) is 36.4 Å². The van der Waals surface area contributed by atoms with E-state index in [4.69, 9.17) is 20.7 Å². The van der Waals surface area contributed by atoms with E-state index >= 15 is 0 Å². The molecule has 9 heteroatoms. The maximum atomic E-state index is 11.9. The van der Waals surface area contributed by atoms with Crippen LogP contribution in [0.25, 0.3) is 0 Å². The van der Waals surface area contributed by atoms with E-state index in [0.717, 1.165) is 11.3 Å². The van der Waals surface area contributed by atoms with Crippen LogP contribution in [0.5, 0.6) is 5.75 Å². The van der Waals surface area contributed by atoms with Crippen molar-refractivity contribution in [1.82, 2.24) is 0 Å². The Bertz CT molecular complexity index is 947. The number of ether oxygens (including phenoxy) is 1. The van der Waals surface area contributed by atoms with Gasteiger partial charge in [0.25, 0.3) is 0 Å². The summed E-state index contributed by atoms with van der Waals surface area (Å²) in [5.74, 6) is -0.788. The SMILES string of the molecule is CCOc1cc(C2CC(C)=NO2)cc(C(Nc2ccc(C(=N)N)cc2)C(=O)[O-])c1.Cl. The fourth-order valence-electron chi connectivity index (χ4n) is 3.11. The predicted octanol–water partition coefficient (Wildman–Crippen LogP) is 2.53. The van der Waals surface area contributed by atoms with Crippen LogP contribution in [0.15, 0.2) is 47.6 Å². The smallest absolute Gasteiger partial charge is 0.158 e. The molecule has 160 valence electrons. The number of benzene rings is 2. The number of amidine groups is 1. The second-order valence-corrected chi connectivity index (χ2v) is 6.78. The number of hydrogen-bond acceptors (Lipinski definition) is 7. The second-order valence-electron chi connectivity index (χ2n) is 6.78. The Hall–Kier alpha value is -3.26. The van der Waals surface area contributed by atoms with Gasteiger partial charge in [-0.2, -0.15) is 0 Å². The highest BCUT2D eigenvalue weighted by Gasteiger charge is 2.23. The van der Waals surface area contributed by atoms with Gasteiger partial charge in [-0.1, -0.05) is 5.16 Å². The van der Waals surface area contributed by atoms with Gasteiger partial charge < -0.3 is 30.5 Å². The lowest BCUT2D eigenvalue weighted by atomic mass is 9.98. The van der Waals surface area contributed by atoms with E-state index in [1.165, 1.54) is 0 Å². The zero-order valence-electron chi connectivity index (χ0n) is 16.7. The number of nitrogens with zero attached hydrogens (tertiary/aromatic N) is 1. The first kappa shape index (κ1) is 23.0. The van der Waals surface area contributed by atoms with Crippen molar-refractivity contribution in [2.45, 2.75) is 32.4 Å². The number of carbonyl (C=O) groups excluding carboxylic acids is 1. The van der Waals surface area contributed by atoms with E-state index < -0.39 is 12.0 Å². The highest BCUT2D eigenvalue weighted by molar-refractivity contribution is 5.95. The molecule has 8 nitrogen and oxygen atoms in total. The lowest BCUT2D eigenvalue weighted by molar-refractivity contribution is -0.307. The molecular weight excluding hydrogens is 408 g/mol. The van der Waals surface area contributed by atoms with E-state index in [-0.39, 0.29) is 24.3 Å². The fraction of sp³-hybridized carbons (Fsp3) is 0.286. The third-order valence-electron chi connectivity index (χ3n) is 4.53. The molecule has 0 radical (unpaired) electrons. The summed E-state index contributed by atoms with van der Waals surface area (Å²) in [7, 11) is 0. The normalized spacial score (nSPS) is 15.9. The lowest BCUT2D eigenvalue weighted by Gasteiger charge is -2.23. The first-order valence-electron chi connectivity index (χ1n) is 9.26. The number of oxime groups is 1. The summed E-state index contributed by atoms with van der Waals surface area (Å²) in [6, 6.07) is 10.8. The quantitative estimate of drug-likeness (QED) is 0.434. The van der Waals surface area contributed by atoms with Gasteiger partial charge >= 0.3 is 0 Å². The molecule has 0 fully saturated rings. The Morgan fingerprint density at radius 2 is 2.07 bits per heavy atom. The summed E-state index contributed by atoms with van der Waals surface area (Å²) >= 11 is 0. The number of carbonyl (C=O) groups is 1. The standard InChI is InChI=1S/C21H24N4O4.ClH/c1-3-28-17-10-14(18-8-12(2)25-29-18)9-15(11-17)19(21(26)27)24-16-6-4-13(5-7-16)20(22)23;/h4-7,9-11,18-19,24H,3,8H2,1-2H3,(H3,22,23)(H,26,27);1H/p-1. The second kappa shape index (κ2) is 9.98. The van der Waals surface area contributed by atoms with Gasteiger partial charge in [0.1, 0.15) is 11.6 Å². The van der Waals surface area contributed by atoms with Crippen LogP contribution < -0.4 is 20.9 Å². The van der Waals surface area contributed by atoms with Crippen molar-refractivity contribution in [2.24, 2.45) is 10.9 Å². The summed E-state index contributed by atoms with van der Waals surface area (Å²) in [5, 5.41) is 26.3. The number of nitrogen functional groups attached to an aromatic ring is 1. The van der Waals surface area contributed by atoms with Gasteiger partial charge in [0.05, 0.1) is 24.3 Å². The average Bonchev–Trinajstić information content (AvgIpc) is 3.12. The minimum Gasteiger partial charge on any atom is -0.548 e. The van der Waals surface area contributed by atoms with Crippen molar-refractivity contribution >= 4 is 35.6 Å². The largest absolute Gasteiger partial charge is 0.548 e. The Morgan fingerprint density at radius 3 is 2.60 bits per heavy atom. The molecule has 2 aromatic carbocycles. The minimum absolute atomic E-state index is 0. The maximum absolute atomic E-state index is 11.9. The maximum Gasteiger partial charge on any atom is 0.158 e. The van der Waals surface area contributed by atoms with Gasteiger partial charge in [-0.15, -0.1) is 12.4 Å². The van der Waals surface area contributed by atoms with Gasteiger partial charge in [-0.25, -0.2) is 0 Å². The Morgan fingerprint density at radius 1 is 1.37 bits per heavy atom. The van der Waals surface area contributed by atoms with Crippen LogP contribution in [0.1, 0.15) is 49.1 Å². The molecule has 0 aliphatic carbocycles. The molecule has 0 aromatic heterocycles. The van der Waals surface area contributed by atoms with Crippen LogP contribution >= 0.6 is 12.4 Å². The number of carboxylic acids is 1. The number of nitrogens with one attached hydrogen (secondary N) is 2. The number of carboxylic acid groups (broad SMARTS) is 1. The highest BCUT2D eigenvalue weighted by atomic mass is 35.5. The van der Waals surface area contributed by atoms with E-state index in [2.05, 4.69) is 10.5 Å². The van der Waals surface area contributed by atoms with Gasteiger partial charge in [0.15, 0.2) is 6.10 Å². The Balaban J connectivity index is 0.00000320. The van der Waals surface area contributed by atoms with Gasteiger partial charge in [0, 0.05) is 17.7 Å². The van der Waals surface area contributed by atoms with Crippen LogP contribution in [0.2, 0.25) is 0 Å². The molecule has 4 N–H and O–H groups in total. The summed E-state index contributed by atoms with van der Waals surface area (Å²) in [4.78, 5) is 17.4. The third-order valence-corrected chi connectivity index (χ3v) is 4.53. The molecule has 1 aliphatic rings. The monoisotopic (exact) mass is 431 g/mol. The zero-order chi connectivity index (χ0) is 21.0. The zero-order valence-corrected chi connectivity index (χ0v) is 17.5. The highest BCUT2D eigenvalue weighted by Crippen LogP contribution is 2.33. The van der Waals surface area contributed by atoms with E-state index in [0.29, 0.717) is 35.6 Å². The van der Waals surface area contributed by atoms with E-state index in [1.807, 2.05) is 19.9 Å². The third kappa shape index (κ3) is 5.42. The number of aliphatic carboxylic acids is 1. The number of halogens is 1. The van der Waals surface area contributed by atoms with Crippen molar-refractivity contribution in [3.05, 3.63) is 59.2 Å². The van der Waals surface area contributed by atoms with Crippen molar-refractivity contribution < 1.29 is 19.5 Å². The predicted molar refractivity (Wildman–Crippen MR) is 115 cm³/mol. The molecule has 0 amide bonds. The molecule has 0 saturated carbocycles. The molecule has 2 aromatic rings.